The standard InChI is InChI=1S/C21H28N4O3/c1-3-9-24(10-4-2)20(26)18-16-17(7-8-22-18)23-11-13-25(14-12-23)21(27)19-6-5-15-28-19/h5-8,15-16H,3-4,9-14H2,1-2H3. The van der Waals surface area contributed by atoms with Gasteiger partial charge in [-0.05, 0) is 37.1 Å². The number of aromatic nitrogens is 1. The molecule has 1 saturated heterocycles. The Balaban J connectivity index is 1.64. The molecule has 0 unspecified atom stereocenters. The summed E-state index contributed by atoms with van der Waals surface area (Å²) in [6.45, 7) is 8.27. The summed E-state index contributed by atoms with van der Waals surface area (Å²) in [7, 11) is 0. The van der Waals surface area contributed by atoms with Crippen molar-refractivity contribution in [3.63, 3.8) is 0 Å². The van der Waals surface area contributed by atoms with Crippen LogP contribution in [0.25, 0.3) is 0 Å². The maximum atomic E-state index is 12.8. The Hall–Kier alpha value is -2.83. The van der Waals surface area contributed by atoms with Crippen molar-refractivity contribution >= 4 is 17.5 Å². The van der Waals surface area contributed by atoms with Crippen LogP contribution in [0.2, 0.25) is 0 Å². The average molecular weight is 384 g/mol. The highest BCUT2D eigenvalue weighted by atomic mass is 16.3. The number of piperazine rings is 1. The minimum atomic E-state index is -0.0787. The predicted octanol–water partition coefficient (Wildman–Crippen LogP) is 2.90. The van der Waals surface area contributed by atoms with Gasteiger partial charge in [-0.1, -0.05) is 13.8 Å². The van der Waals surface area contributed by atoms with E-state index in [0.29, 0.717) is 37.6 Å². The lowest BCUT2D eigenvalue weighted by Crippen LogP contribution is -2.48. The van der Waals surface area contributed by atoms with Gasteiger partial charge in [0.1, 0.15) is 5.69 Å². The van der Waals surface area contributed by atoms with Crippen molar-refractivity contribution in [1.29, 1.82) is 0 Å². The maximum absolute atomic E-state index is 12.8. The first-order valence-electron chi connectivity index (χ1n) is 9.97. The molecule has 2 aromatic heterocycles. The fraction of sp³-hybridized carbons (Fsp3) is 0.476. The van der Waals surface area contributed by atoms with Crippen LogP contribution < -0.4 is 4.90 Å². The summed E-state index contributed by atoms with van der Waals surface area (Å²) in [5, 5.41) is 0. The molecule has 2 amide bonds. The molecule has 7 nitrogen and oxygen atoms in total. The van der Waals surface area contributed by atoms with Crippen LogP contribution in [0, 0.1) is 0 Å². The second kappa shape index (κ2) is 9.39. The van der Waals surface area contributed by atoms with Gasteiger partial charge in [-0.2, -0.15) is 0 Å². The van der Waals surface area contributed by atoms with E-state index in [1.54, 1.807) is 23.2 Å². The summed E-state index contributed by atoms with van der Waals surface area (Å²) in [5.74, 6) is 0.277. The summed E-state index contributed by atoms with van der Waals surface area (Å²) >= 11 is 0. The van der Waals surface area contributed by atoms with Crippen molar-refractivity contribution in [3.05, 3.63) is 48.2 Å². The van der Waals surface area contributed by atoms with Crippen molar-refractivity contribution in [3.8, 4) is 0 Å². The van der Waals surface area contributed by atoms with Gasteiger partial charge in [-0.3, -0.25) is 14.6 Å². The topological polar surface area (TPSA) is 69.9 Å². The molecule has 0 spiro atoms. The molecule has 0 atom stereocenters. The summed E-state index contributed by atoms with van der Waals surface area (Å²) in [6.07, 6.45) is 5.06. The number of rotatable bonds is 7. The third-order valence-corrected chi connectivity index (χ3v) is 4.90. The van der Waals surface area contributed by atoms with Crippen LogP contribution >= 0.6 is 0 Å². The Kier molecular flexibility index (Phi) is 6.68. The van der Waals surface area contributed by atoms with Gasteiger partial charge in [0.25, 0.3) is 11.8 Å². The normalized spacial score (nSPS) is 14.2. The van der Waals surface area contributed by atoms with Crippen LogP contribution in [0.1, 0.15) is 47.7 Å². The Labute approximate surface area is 165 Å². The van der Waals surface area contributed by atoms with Gasteiger partial charge in [0, 0.05) is 51.2 Å². The zero-order valence-electron chi connectivity index (χ0n) is 16.6. The second-order valence-electron chi connectivity index (χ2n) is 6.95. The van der Waals surface area contributed by atoms with E-state index in [1.165, 1.54) is 6.26 Å². The van der Waals surface area contributed by atoms with E-state index < -0.39 is 0 Å². The largest absolute Gasteiger partial charge is 0.459 e. The highest BCUT2D eigenvalue weighted by molar-refractivity contribution is 5.93. The third-order valence-electron chi connectivity index (χ3n) is 4.90. The summed E-state index contributed by atoms with van der Waals surface area (Å²) in [5.41, 5.74) is 1.45. The first-order chi connectivity index (χ1) is 13.6. The number of nitrogens with zero attached hydrogens (tertiary/aromatic N) is 4. The molecule has 1 aliphatic rings. The van der Waals surface area contributed by atoms with Crippen LogP contribution in [0.3, 0.4) is 0 Å². The molecule has 2 aromatic rings. The van der Waals surface area contributed by atoms with Crippen LogP contribution in [0.5, 0.6) is 0 Å². The highest BCUT2D eigenvalue weighted by Gasteiger charge is 2.24. The highest BCUT2D eigenvalue weighted by Crippen LogP contribution is 2.19. The molecule has 1 aliphatic heterocycles. The lowest BCUT2D eigenvalue weighted by atomic mass is 10.2. The van der Waals surface area contributed by atoms with Crippen LogP contribution in [0.15, 0.2) is 41.1 Å². The fourth-order valence-corrected chi connectivity index (χ4v) is 3.47. The molecule has 0 radical (unpaired) electrons. The zero-order valence-corrected chi connectivity index (χ0v) is 16.6. The van der Waals surface area contributed by atoms with Gasteiger partial charge < -0.3 is 19.1 Å². The number of furan rings is 1. The molecule has 0 bridgehead atoms. The quantitative estimate of drug-likeness (QED) is 0.734. The monoisotopic (exact) mass is 384 g/mol. The van der Waals surface area contributed by atoms with Gasteiger partial charge in [0.15, 0.2) is 5.76 Å². The molecular weight excluding hydrogens is 356 g/mol. The Morgan fingerprint density at radius 2 is 1.82 bits per heavy atom. The number of carbonyl (C=O) groups is 2. The van der Waals surface area contributed by atoms with Crippen LogP contribution in [-0.2, 0) is 0 Å². The first kappa shape index (κ1) is 19.9. The molecule has 0 saturated carbocycles. The van der Waals surface area contributed by atoms with E-state index in [2.05, 4.69) is 23.7 Å². The molecular formula is C21H28N4O3. The molecule has 0 aliphatic carbocycles. The molecule has 7 heteroatoms. The molecule has 150 valence electrons. The van der Waals surface area contributed by atoms with Crippen LogP contribution in [0.4, 0.5) is 5.69 Å². The van der Waals surface area contributed by atoms with Crippen molar-refractivity contribution < 1.29 is 14.0 Å². The van der Waals surface area contributed by atoms with E-state index in [0.717, 1.165) is 31.6 Å². The smallest absolute Gasteiger partial charge is 0.289 e. The van der Waals surface area contributed by atoms with Crippen LogP contribution in [-0.4, -0.2) is 65.9 Å². The second-order valence-corrected chi connectivity index (χ2v) is 6.95. The molecule has 3 heterocycles. The SMILES string of the molecule is CCCN(CCC)C(=O)c1cc(N2CCN(C(=O)c3ccco3)CC2)ccn1. The number of hydrogen-bond donors (Lipinski definition) is 0. The van der Waals surface area contributed by atoms with E-state index in [-0.39, 0.29) is 11.8 Å². The number of anilines is 1. The average Bonchev–Trinajstić information content (AvgIpc) is 3.28. The van der Waals surface area contributed by atoms with Crippen molar-refractivity contribution in [2.24, 2.45) is 0 Å². The van der Waals surface area contributed by atoms with Crippen molar-refractivity contribution in [1.82, 2.24) is 14.8 Å². The molecule has 3 rings (SSSR count). The van der Waals surface area contributed by atoms with E-state index in [4.69, 9.17) is 4.42 Å². The number of amides is 2. The van der Waals surface area contributed by atoms with E-state index in [9.17, 15) is 9.59 Å². The molecule has 1 fully saturated rings. The van der Waals surface area contributed by atoms with Gasteiger partial charge >= 0.3 is 0 Å². The Morgan fingerprint density at radius 1 is 1.11 bits per heavy atom. The molecule has 28 heavy (non-hydrogen) atoms. The fourth-order valence-electron chi connectivity index (χ4n) is 3.47. The Bertz CT molecular complexity index is 777. The summed E-state index contributed by atoms with van der Waals surface area (Å²) < 4.78 is 5.21. The lowest BCUT2D eigenvalue weighted by Gasteiger charge is -2.35. The van der Waals surface area contributed by atoms with Gasteiger partial charge in [0.2, 0.25) is 0 Å². The lowest BCUT2D eigenvalue weighted by molar-refractivity contribution is 0.0714. The van der Waals surface area contributed by atoms with Gasteiger partial charge in [-0.25, -0.2) is 0 Å². The zero-order chi connectivity index (χ0) is 19.9. The number of pyridine rings is 1. The minimum absolute atomic E-state index is 0.0165. The maximum Gasteiger partial charge on any atom is 0.289 e. The molecule has 0 N–H and O–H groups in total. The summed E-state index contributed by atoms with van der Waals surface area (Å²) in [4.78, 5) is 35.4. The van der Waals surface area contributed by atoms with Crippen molar-refractivity contribution in [2.75, 3.05) is 44.2 Å². The van der Waals surface area contributed by atoms with Gasteiger partial charge in [0.05, 0.1) is 6.26 Å². The third kappa shape index (κ3) is 4.52. The van der Waals surface area contributed by atoms with E-state index in [1.807, 2.05) is 17.0 Å². The van der Waals surface area contributed by atoms with E-state index >= 15 is 0 Å². The molecule has 0 aromatic carbocycles. The number of hydrogen-bond acceptors (Lipinski definition) is 5. The summed E-state index contributed by atoms with van der Waals surface area (Å²) in [6, 6.07) is 7.20. The number of carbonyl (C=O) groups excluding carboxylic acids is 2. The van der Waals surface area contributed by atoms with Crippen molar-refractivity contribution in [2.45, 2.75) is 26.7 Å². The van der Waals surface area contributed by atoms with Gasteiger partial charge in [-0.15, -0.1) is 0 Å². The first-order valence-corrected chi connectivity index (χ1v) is 9.97. The Morgan fingerprint density at radius 3 is 2.43 bits per heavy atom. The predicted molar refractivity (Wildman–Crippen MR) is 108 cm³/mol. The minimum Gasteiger partial charge on any atom is -0.459 e.